The zero-order valence-electron chi connectivity index (χ0n) is 9.95. The molecule has 0 fully saturated rings. The Kier molecular flexibility index (Phi) is 2.87. The first-order chi connectivity index (χ1) is 9.25. The number of anilines is 1. The summed E-state index contributed by atoms with van der Waals surface area (Å²) < 4.78 is 26.6. The highest BCUT2D eigenvalue weighted by Crippen LogP contribution is 2.22. The molecule has 2 aromatic carbocycles. The van der Waals surface area contributed by atoms with E-state index in [1.54, 1.807) is 12.3 Å². The van der Waals surface area contributed by atoms with Gasteiger partial charge in [-0.3, -0.25) is 5.10 Å². The van der Waals surface area contributed by atoms with Crippen molar-refractivity contribution in [3.63, 3.8) is 0 Å². The second-order valence-corrected chi connectivity index (χ2v) is 4.20. The van der Waals surface area contributed by atoms with E-state index >= 15 is 0 Å². The fourth-order valence-corrected chi connectivity index (χ4v) is 2.00. The Bertz CT molecular complexity index is 722. The molecule has 2 N–H and O–H groups in total. The predicted molar refractivity (Wildman–Crippen MR) is 69.8 cm³/mol. The molecule has 0 saturated heterocycles. The number of nitrogens with zero attached hydrogens (tertiary/aromatic N) is 1. The van der Waals surface area contributed by atoms with E-state index < -0.39 is 11.6 Å². The van der Waals surface area contributed by atoms with Crippen molar-refractivity contribution < 1.29 is 8.78 Å². The van der Waals surface area contributed by atoms with Crippen molar-refractivity contribution in [2.24, 2.45) is 0 Å². The lowest BCUT2D eigenvalue weighted by atomic mass is 10.2. The summed E-state index contributed by atoms with van der Waals surface area (Å²) in [6.45, 7) is 0.216. The van der Waals surface area contributed by atoms with Gasteiger partial charge in [-0.25, -0.2) is 8.78 Å². The van der Waals surface area contributed by atoms with E-state index in [0.29, 0.717) is 5.56 Å². The molecular formula is C14H11F2N3. The van der Waals surface area contributed by atoms with E-state index in [4.69, 9.17) is 0 Å². The minimum Gasteiger partial charge on any atom is -0.380 e. The highest BCUT2D eigenvalue weighted by molar-refractivity contribution is 5.90. The lowest BCUT2D eigenvalue weighted by Gasteiger charge is -2.08. The van der Waals surface area contributed by atoms with Crippen molar-refractivity contribution in [2.75, 3.05) is 5.32 Å². The van der Waals surface area contributed by atoms with Crippen LogP contribution in [0, 0.1) is 11.6 Å². The summed E-state index contributed by atoms with van der Waals surface area (Å²) in [5.41, 5.74) is 2.01. The Morgan fingerprint density at radius 3 is 2.84 bits per heavy atom. The van der Waals surface area contributed by atoms with Crippen LogP contribution in [0.15, 0.2) is 42.6 Å². The molecule has 0 aliphatic carbocycles. The molecular weight excluding hydrogens is 248 g/mol. The standard InChI is InChI=1S/C14H11F2N3/c15-11-4-1-3-9(14(11)16)7-17-12-5-2-6-13-10(12)8-18-19-13/h1-6,8,17H,7H2,(H,18,19). The maximum Gasteiger partial charge on any atom is 0.163 e. The molecule has 0 amide bonds. The first-order valence-corrected chi connectivity index (χ1v) is 5.84. The molecule has 0 unspecified atom stereocenters. The molecule has 5 heteroatoms. The molecule has 3 nitrogen and oxygen atoms in total. The Labute approximate surface area is 108 Å². The minimum absolute atomic E-state index is 0.216. The number of aromatic nitrogens is 2. The van der Waals surface area contributed by atoms with Crippen LogP contribution >= 0.6 is 0 Å². The Morgan fingerprint density at radius 2 is 1.95 bits per heavy atom. The van der Waals surface area contributed by atoms with Crippen LogP contribution in [0.3, 0.4) is 0 Å². The Balaban J connectivity index is 1.86. The maximum atomic E-state index is 13.5. The second kappa shape index (κ2) is 4.68. The van der Waals surface area contributed by atoms with Gasteiger partial charge in [-0.1, -0.05) is 18.2 Å². The summed E-state index contributed by atoms with van der Waals surface area (Å²) in [7, 11) is 0. The smallest absolute Gasteiger partial charge is 0.163 e. The van der Waals surface area contributed by atoms with Crippen molar-refractivity contribution >= 4 is 16.6 Å². The van der Waals surface area contributed by atoms with Crippen LogP contribution in [0.4, 0.5) is 14.5 Å². The fourth-order valence-electron chi connectivity index (χ4n) is 2.00. The van der Waals surface area contributed by atoms with Crippen LogP contribution < -0.4 is 5.32 Å². The highest BCUT2D eigenvalue weighted by atomic mass is 19.2. The largest absolute Gasteiger partial charge is 0.380 e. The molecule has 0 bridgehead atoms. The van der Waals surface area contributed by atoms with Gasteiger partial charge in [0.1, 0.15) is 0 Å². The third kappa shape index (κ3) is 2.14. The molecule has 0 spiro atoms. The van der Waals surface area contributed by atoms with Gasteiger partial charge >= 0.3 is 0 Å². The van der Waals surface area contributed by atoms with E-state index in [-0.39, 0.29) is 6.54 Å². The molecule has 3 rings (SSSR count). The number of halogens is 2. The third-order valence-electron chi connectivity index (χ3n) is 2.99. The van der Waals surface area contributed by atoms with Crippen LogP contribution in [-0.2, 0) is 6.54 Å². The molecule has 3 aromatic rings. The summed E-state index contributed by atoms with van der Waals surface area (Å²) in [4.78, 5) is 0. The molecule has 96 valence electrons. The molecule has 1 heterocycles. The molecule has 0 saturated carbocycles. The number of H-pyrrole nitrogens is 1. The highest BCUT2D eigenvalue weighted by Gasteiger charge is 2.08. The molecule has 0 atom stereocenters. The number of hydrogen-bond acceptors (Lipinski definition) is 2. The first kappa shape index (κ1) is 11.6. The van der Waals surface area contributed by atoms with Crippen molar-refractivity contribution in [2.45, 2.75) is 6.54 Å². The molecule has 0 aliphatic heterocycles. The number of fused-ring (bicyclic) bond motifs is 1. The number of rotatable bonds is 3. The summed E-state index contributed by atoms with van der Waals surface area (Å²) in [5, 5.41) is 10.8. The fraction of sp³-hybridized carbons (Fsp3) is 0.0714. The number of hydrogen-bond donors (Lipinski definition) is 2. The van der Waals surface area contributed by atoms with Gasteiger partial charge in [-0.05, 0) is 18.2 Å². The average molecular weight is 259 g/mol. The third-order valence-corrected chi connectivity index (χ3v) is 2.99. The van der Waals surface area contributed by atoms with Gasteiger partial charge < -0.3 is 5.32 Å². The van der Waals surface area contributed by atoms with E-state index in [9.17, 15) is 8.78 Å². The SMILES string of the molecule is Fc1cccc(CNc2cccc3[nH]ncc23)c1F. The van der Waals surface area contributed by atoms with Gasteiger partial charge in [0, 0.05) is 23.2 Å². The van der Waals surface area contributed by atoms with Crippen LogP contribution in [0.5, 0.6) is 0 Å². The second-order valence-electron chi connectivity index (χ2n) is 4.20. The van der Waals surface area contributed by atoms with Crippen molar-refractivity contribution in [3.8, 4) is 0 Å². The number of benzene rings is 2. The summed E-state index contributed by atoms with van der Waals surface area (Å²) in [6, 6.07) is 9.79. The van der Waals surface area contributed by atoms with Crippen LogP contribution in [0.2, 0.25) is 0 Å². The quantitative estimate of drug-likeness (QED) is 0.756. The Morgan fingerprint density at radius 1 is 1.11 bits per heavy atom. The molecule has 19 heavy (non-hydrogen) atoms. The van der Waals surface area contributed by atoms with Gasteiger partial charge in [-0.2, -0.15) is 5.10 Å². The average Bonchev–Trinajstić information content (AvgIpc) is 2.89. The van der Waals surface area contributed by atoms with Crippen molar-refractivity contribution in [3.05, 3.63) is 59.8 Å². The Hall–Kier alpha value is -2.43. The van der Waals surface area contributed by atoms with E-state index in [2.05, 4.69) is 15.5 Å². The number of nitrogens with one attached hydrogen (secondary N) is 2. The van der Waals surface area contributed by atoms with Crippen molar-refractivity contribution in [1.29, 1.82) is 0 Å². The molecule has 1 aromatic heterocycles. The maximum absolute atomic E-state index is 13.5. The van der Waals surface area contributed by atoms with E-state index in [0.717, 1.165) is 22.7 Å². The van der Waals surface area contributed by atoms with Crippen LogP contribution in [-0.4, -0.2) is 10.2 Å². The van der Waals surface area contributed by atoms with Gasteiger partial charge in [0.2, 0.25) is 0 Å². The normalized spacial score (nSPS) is 10.8. The first-order valence-electron chi connectivity index (χ1n) is 5.84. The van der Waals surface area contributed by atoms with Crippen LogP contribution in [0.1, 0.15) is 5.56 Å². The van der Waals surface area contributed by atoms with Gasteiger partial charge in [0.25, 0.3) is 0 Å². The van der Waals surface area contributed by atoms with Crippen molar-refractivity contribution in [1.82, 2.24) is 10.2 Å². The lowest BCUT2D eigenvalue weighted by Crippen LogP contribution is -2.03. The summed E-state index contributed by atoms with van der Waals surface area (Å²) in [5.74, 6) is -1.64. The minimum atomic E-state index is -0.833. The zero-order chi connectivity index (χ0) is 13.2. The summed E-state index contributed by atoms with van der Waals surface area (Å²) in [6.07, 6.45) is 1.69. The topological polar surface area (TPSA) is 40.7 Å². The molecule has 0 radical (unpaired) electrons. The van der Waals surface area contributed by atoms with E-state index in [1.165, 1.54) is 6.07 Å². The number of aromatic amines is 1. The zero-order valence-corrected chi connectivity index (χ0v) is 9.95. The van der Waals surface area contributed by atoms with E-state index in [1.807, 2.05) is 18.2 Å². The van der Waals surface area contributed by atoms with Gasteiger partial charge in [0.05, 0.1) is 11.7 Å². The predicted octanol–water partition coefficient (Wildman–Crippen LogP) is 3.45. The summed E-state index contributed by atoms with van der Waals surface area (Å²) >= 11 is 0. The molecule has 0 aliphatic rings. The monoisotopic (exact) mass is 259 g/mol. The van der Waals surface area contributed by atoms with Gasteiger partial charge in [-0.15, -0.1) is 0 Å². The van der Waals surface area contributed by atoms with Crippen LogP contribution in [0.25, 0.3) is 10.9 Å². The lowest BCUT2D eigenvalue weighted by molar-refractivity contribution is 0.500. The van der Waals surface area contributed by atoms with Gasteiger partial charge in [0.15, 0.2) is 11.6 Å².